The van der Waals surface area contributed by atoms with Crippen LogP contribution in [-0.2, 0) is 11.3 Å². The fourth-order valence-corrected chi connectivity index (χ4v) is 1.73. The zero-order chi connectivity index (χ0) is 12.8. The minimum atomic E-state index is -0.283. The lowest BCUT2D eigenvalue weighted by Crippen LogP contribution is -2.42. The van der Waals surface area contributed by atoms with Gasteiger partial charge in [-0.15, -0.1) is 0 Å². The van der Waals surface area contributed by atoms with Gasteiger partial charge in [0.25, 0.3) is 0 Å². The largest absolute Gasteiger partial charge is 0.399 e. The highest BCUT2D eigenvalue weighted by Gasteiger charge is 2.17. The van der Waals surface area contributed by atoms with Gasteiger partial charge in [-0.05, 0) is 37.6 Å². The van der Waals surface area contributed by atoms with Gasteiger partial charge in [0, 0.05) is 12.2 Å². The molecule has 0 aliphatic carbocycles. The molecule has 1 aromatic carbocycles. The Balaban J connectivity index is 2.72. The average molecular weight is 235 g/mol. The first-order chi connectivity index (χ1) is 8.04. The Kier molecular flexibility index (Phi) is 4.97. The van der Waals surface area contributed by atoms with Crippen molar-refractivity contribution in [2.75, 3.05) is 12.3 Å². The smallest absolute Gasteiger partial charge is 0.234 e. The van der Waals surface area contributed by atoms with Crippen LogP contribution in [0.1, 0.15) is 25.8 Å². The second kappa shape index (κ2) is 6.25. The number of nitrogen functional groups attached to an aromatic ring is 1. The molecule has 1 amide bonds. The zero-order valence-corrected chi connectivity index (χ0v) is 10.5. The number of benzene rings is 1. The summed E-state index contributed by atoms with van der Waals surface area (Å²) in [5.74, 6) is -0.283. The van der Waals surface area contributed by atoms with Crippen LogP contribution in [0.15, 0.2) is 24.3 Å². The molecule has 4 N–H and O–H groups in total. The molecule has 4 nitrogen and oxygen atoms in total. The normalized spacial score (nSPS) is 12.6. The molecule has 1 aromatic rings. The van der Waals surface area contributed by atoms with Crippen LogP contribution >= 0.6 is 0 Å². The van der Waals surface area contributed by atoms with Gasteiger partial charge >= 0.3 is 0 Å². The average Bonchev–Trinajstić information content (AvgIpc) is 2.30. The second-order valence-corrected chi connectivity index (χ2v) is 4.29. The van der Waals surface area contributed by atoms with Crippen molar-refractivity contribution in [2.24, 2.45) is 5.73 Å². The molecule has 0 aliphatic rings. The van der Waals surface area contributed by atoms with Gasteiger partial charge in [-0.25, -0.2) is 0 Å². The maximum absolute atomic E-state index is 11.2. The van der Waals surface area contributed by atoms with Crippen molar-refractivity contribution < 1.29 is 4.79 Å². The number of nitrogens with zero attached hydrogens (tertiary/aromatic N) is 1. The molecule has 0 fully saturated rings. The third-order valence-electron chi connectivity index (χ3n) is 2.84. The third kappa shape index (κ3) is 4.07. The Morgan fingerprint density at radius 1 is 1.35 bits per heavy atom. The molecule has 0 aliphatic heterocycles. The molecule has 0 aromatic heterocycles. The van der Waals surface area contributed by atoms with Crippen LogP contribution in [0, 0.1) is 0 Å². The lowest BCUT2D eigenvalue weighted by Gasteiger charge is -2.26. The number of hydrogen-bond acceptors (Lipinski definition) is 3. The van der Waals surface area contributed by atoms with E-state index in [1.54, 1.807) is 0 Å². The summed E-state index contributed by atoms with van der Waals surface area (Å²) in [4.78, 5) is 13.3. The first-order valence-corrected chi connectivity index (χ1v) is 5.92. The molecule has 0 bridgehead atoms. The molecular formula is C13H21N3O. The minimum absolute atomic E-state index is 0.243. The molecule has 1 atom stereocenters. The number of amides is 1. The summed E-state index contributed by atoms with van der Waals surface area (Å²) in [6.07, 6.45) is 0.993. The van der Waals surface area contributed by atoms with Gasteiger partial charge in [0.05, 0.1) is 6.04 Å². The van der Waals surface area contributed by atoms with E-state index in [4.69, 9.17) is 11.5 Å². The van der Waals surface area contributed by atoms with Crippen molar-refractivity contribution in [2.45, 2.75) is 32.9 Å². The maximum atomic E-state index is 11.2. The molecule has 0 saturated heterocycles. The Labute approximate surface area is 103 Å². The van der Waals surface area contributed by atoms with E-state index in [-0.39, 0.29) is 11.9 Å². The van der Waals surface area contributed by atoms with Gasteiger partial charge in [-0.2, -0.15) is 0 Å². The van der Waals surface area contributed by atoms with Crippen LogP contribution in [0.3, 0.4) is 0 Å². The lowest BCUT2D eigenvalue weighted by atomic mass is 10.1. The summed E-state index contributed by atoms with van der Waals surface area (Å²) < 4.78 is 0. The summed E-state index contributed by atoms with van der Waals surface area (Å²) in [5, 5.41) is 0. The molecule has 4 heteroatoms. The highest BCUT2D eigenvalue weighted by Crippen LogP contribution is 2.11. The lowest BCUT2D eigenvalue weighted by molar-refractivity contribution is -0.122. The van der Waals surface area contributed by atoms with Crippen LogP contribution in [0.2, 0.25) is 0 Å². The maximum Gasteiger partial charge on any atom is 0.234 e. The number of primary amides is 1. The Hall–Kier alpha value is -1.55. The number of nitrogens with two attached hydrogens (primary N) is 2. The fourth-order valence-electron chi connectivity index (χ4n) is 1.73. The molecule has 0 heterocycles. The molecule has 0 radical (unpaired) electrons. The number of carbonyl (C=O) groups is 1. The van der Waals surface area contributed by atoms with Gasteiger partial charge in [-0.3, -0.25) is 9.69 Å². The van der Waals surface area contributed by atoms with Crippen molar-refractivity contribution in [3.63, 3.8) is 0 Å². The number of hydrogen-bond donors (Lipinski definition) is 2. The van der Waals surface area contributed by atoms with Crippen molar-refractivity contribution in [3.8, 4) is 0 Å². The molecule has 1 unspecified atom stereocenters. The van der Waals surface area contributed by atoms with E-state index < -0.39 is 0 Å². The Morgan fingerprint density at radius 3 is 2.41 bits per heavy atom. The van der Waals surface area contributed by atoms with Crippen LogP contribution in [-0.4, -0.2) is 23.4 Å². The summed E-state index contributed by atoms with van der Waals surface area (Å²) in [5.41, 5.74) is 12.9. The standard InChI is InChI=1S/C13H21N3O/c1-3-8-16(10(2)13(15)17)9-11-4-6-12(14)7-5-11/h4-7,10H,3,8-9,14H2,1-2H3,(H2,15,17). The summed E-state index contributed by atoms with van der Waals surface area (Å²) in [6, 6.07) is 7.45. The quantitative estimate of drug-likeness (QED) is 0.731. The number of carbonyl (C=O) groups excluding carboxylic acids is 1. The van der Waals surface area contributed by atoms with E-state index in [0.29, 0.717) is 0 Å². The Morgan fingerprint density at radius 2 is 1.94 bits per heavy atom. The summed E-state index contributed by atoms with van der Waals surface area (Å²) >= 11 is 0. The molecule has 1 rings (SSSR count). The Bertz CT molecular complexity index is 361. The van der Waals surface area contributed by atoms with Crippen LogP contribution in [0.4, 0.5) is 5.69 Å². The summed E-state index contributed by atoms with van der Waals surface area (Å²) in [6.45, 7) is 5.51. The van der Waals surface area contributed by atoms with Crippen molar-refractivity contribution in [1.29, 1.82) is 0 Å². The molecule has 94 valence electrons. The molecular weight excluding hydrogens is 214 g/mol. The highest BCUT2D eigenvalue weighted by atomic mass is 16.1. The molecule has 0 saturated carbocycles. The number of rotatable bonds is 6. The predicted octanol–water partition coefficient (Wildman–Crippen LogP) is 1.35. The van der Waals surface area contributed by atoms with E-state index in [0.717, 1.165) is 30.8 Å². The topological polar surface area (TPSA) is 72.3 Å². The van der Waals surface area contributed by atoms with E-state index in [1.165, 1.54) is 0 Å². The first-order valence-electron chi connectivity index (χ1n) is 5.92. The van der Waals surface area contributed by atoms with Crippen molar-refractivity contribution >= 4 is 11.6 Å². The fraction of sp³-hybridized carbons (Fsp3) is 0.462. The van der Waals surface area contributed by atoms with Crippen LogP contribution in [0.5, 0.6) is 0 Å². The summed E-state index contributed by atoms with van der Waals surface area (Å²) in [7, 11) is 0. The van der Waals surface area contributed by atoms with Gasteiger partial charge in [0.2, 0.25) is 5.91 Å². The first kappa shape index (κ1) is 13.5. The van der Waals surface area contributed by atoms with Crippen molar-refractivity contribution in [1.82, 2.24) is 4.90 Å². The van der Waals surface area contributed by atoms with E-state index in [2.05, 4.69) is 11.8 Å². The van der Waals surface area contributed by atoms with E-state index >= 15 is 0 Å². The monoisotopic (exact) mass is 235 g/mol. The van der Waals surface area contributed by atoms with Gasteiger partial charge in [0.1, 0.15) is 0 Å². The SMILES string of the molecule is CCCN(Cc1ccc(N)cc1)C(C)C(N)=O. The zero-order valence-electron chi connectivity index (χ0n) is 10.5. The highest BCUT2D eigenvalue weighted by molar-refractivity contribution is 5.79. The van der Waals surface area contributed by atoms with Crippen LogP contribution < -0.4 is 11.5 Å². The van der Waals surface area contributed by atoms with Crippen LogP contribution in [0.25, 0.3) is 0 Å². The number of anilines is 1. The molecule has 17 heavy (non-hydrogen) atoms. The van der Waals surface area contributed by atoms with Gasteiger partial charge < -0.3 is 11.5 Å². The van der Waals surface area contributed by atoms with Gasteiger partial charge in [-0.1, -0.05) is 19.1 Å². The van der Waals surface area contributed by atoms with Gasteiger partial charge in [0.15, 0.2) is 0 Å². The second-order valence-electron chi connectivity index (χ2n) is 4.29. The predicted molar refractivity (Wildman–Crippen MR) is 70.2 cm³/mol. The minimum Gasteiger partial charge on any atom is -0.399 e. The van der Waals surface area contributed by atoms with Crippen molar-refractivity contribution in [3.05, 3.63) is 29.8 Å². The molecule has 0 spiro atoms. The van der Waals surface area contributed by atoms with E-state index in [9.17, 15) is 4.79 Å². The van der Waals surface area contributed by atoms with E-state index in [1.807, 2.05) is 31.2 Å². The third-order valence-corrected chi connectivity index (χ3v) is 2.84.